The quantitative estimate of drug-likeness (QED) is 0.888. The minimum absolute atomic E-state index is 0.133. The predicted molar refractivity (Wildman–Crippen MR) is 58.9 cm³/mol. The number of nitrogens with one attached hydrogen (secondary N) is 1. The Morgan fingerprint density at radius 3 is 2.35 bits per heavy atom. The van der Waals surface area contributed by atoms with Crippen molar-refractivity contribution in [3.05, 3.63) is 29.8 Å². The van der Waals surface area contributed by atoms with Crippen molar-refractivity contribution in [1.29, 1.82) is 0 Å². The van der Waals surface area contributed by atoms with Gasteiger partial charge >= 0.3 is 6.18 Å². The summed E-state index contributed by atoms with van der Waals surface area (Å²) in [5.41, 5.74) is -0.711. The lowest BCUT2D eigenvalue weighted by atomic mass is 10.2. The molecule has 0 saturated carbocycles. The highest BCUT2D eigenvalue weighted by Crippen LogP contribution is 2.30. The normalized spacial score (nSPS) is 22.6. The van der Waals surface area contributed by atoms with Gasteiger partial charge in [0.2, 0.25) is 0 Å². The molecule has 2 rings (SSSR count). The van der Waals surface area contributed by atoms with E-state index in [4.69, 9.17) is 0 Å². The number of rotatable bonds is 2. The second-order valence-corrected chi connectivity index (χ2v) is 5.54. The van der Waals surface area contributed by atoms with Crippen LogP contribution in [0.25, 0.3) is 0 Å². The molecule has 6 heteroatoms. The summed E-state index contributed by atoms with van der Waals surface area (Å²) in [5.74, 6) is 0. The molecule has 1 fully saturated rings. The molecule has 94 valence electrons. The van der Waals surface area contributed by atoms with Gasteiger partial charge in [0.15, 0.2) is 0 Å². The van der Waals surface area contributed by atoms with Crippen molar-refractivity contribution in [2.75, 3.05) is 6.54 Å². The molecule has 2 unspecified atom stereocenters. The van der Waals surface area contributed by atoms with Crippen LogP contribution < -0.4 is 5.32 Å². The standard InChI is InChI=1S/C11H12F3NOS/c12-11(13,14)8-3-5-9(6-4-8)17(16)10-2-1-7-15-10/h3-6,10,15H,1-2,7H2. The van der Waals surface area contributed by atoms with Gasteiger partial charge in [-0.2, -0.15) is 13.2 Å². The maximum atomic E-state index is 12.3. The van der Waals surface area contributed by atoms with E-state index in [-0.39, 0.29) is 5.37 Å². The molecular weight excluding hydrogens is 251 g/mol. The Labute approximate surface area is 99.7 Å². The summed E-state index contributed by atoms with van der Waals surface area (Å²) in [4.78, 5) is 0.442. The van der Waals surface area contributed by atoms with Crippen LogP contribution in [-0.2, 0) is 17.0 Å². The Balaban J connectivity index is 2.15. The fourth-order valence-electron chi connectivity index (χ4n) is 1.78. The van der Waals surface area contributed by atoms with Gasteiger partial charge in [-0.1, -0.05) is 0 Å². The number of halogens is 3. The zero-order valence-corrected chi connectivity index (χ0v) is 9.77. The predicted octanol–water partition coefficient (Wildman–Crippen LogP) is 2.52. The first-order chi connectivity index (χ1) is 7.98. The fraction of sp³-hybridized carbons (Fsp3) is 0.455. The van der Waals surface area contributed by atoms with Gasteiger partial charge in [0.05, 0.1) is 21.7 Å². The van der Waals surface area contributed by atoms with Crippen molar-refractivity contribution in [1.82, 2.24) is 5.32 Å². The molecule has 0 aliphatic carbocycles. The summed E-state index contributed by atoms with van der Waals surface area (Å²) in [6, 6.07) is 4.53. The van der Waals surface area contributed by atoms with E-state index < -0.39 is 22.5 Å². The van der Waals surface area contributed by atoms with E-state index in [0.717, 1.165) is 31.5 Å². The van der Waals surface area contributed by atoms with Crippen molar-refractivity contribution >= 4 is 10.8 Å². The molecule has 0 aromatic heterocycles. The fourth-order valence-corrected chi connectivity index (χ4v) is 3.16. The van der Waals surface area contributed by atoms with E-state index in [9.17, 15) is 17.4 Å². The second kappa shape index (κ2) is 4.78. The molecule has 1 aromatic carbocycles. The average molecular weight is 263 g/mol. The SMILES string of the molecule is O=S(c1ccc(C(F)(F)F)cc1)C1CCCN1. The summed E-state index contributed by atoms with van der Waals surface area (Å²) in [7, 11) is -1.27. The summed E-state index contributed by atoms with van der Waals surface area (Å²) >= 11 is 0. The highest BCUT2D eigenvalue weighted by Gasteiger charge is 2.30. The highest BCUT2D eigenvalue weighted by molar-refractivity contribution is 7.85. The van der Waals surface area contributed by atoms with E-state index in [1.165, 1.54) is 12.1 Å². The average Bonchev–Trinajstić information content (AvgIpc) is 2.80. The van der Waals surface area contributed by atoms with Crippen LogP contribution in [0.3, 0.4) is 0 Å². The van der Waals surface area contributed by atoms with Crippen molar-refractivity contribution in [3.63, 3.8) is 0 Å². The summed E-state index contributed by atoms with van der Waals surface area (Å²) in [6.45, 7) is 0.817. The minimum Gasteiger partial charge on any atom is -0.303 e. The maximum absolute atomic E-state index is 12.3. The third-order valence-corrected chi connectivity index (χ3v) is 4.34. The largest absolute Gasteiger partial charge is 0.416 e. The van der Waals surface area contributed by atoms with E-state index in [1.807, 2.05) is 0 Å². The minimum atomic E-state index is -4.34. The molecule has 1 heterocycles. The molecule has 17 heavy (non-hydrogen) atoms. The van der Waals surface area contributed by atoms with Gasteiger partial charge in [-0.25, -0.2) is 0 Å². The zero-order chi connectivity index (χ0) is 12.5. The molecule has 1 saturated heterocycles. The van der Waals surface area contributed by atoms with Gasteiger partial charge in [-0.15, -0.1) is 0 Å². The zero-order valence-electron chi connectivity index (χ0n) is 8.96. The molecule has 1 aliphatic heterocycles. The van der Waals surface area contributed by atoms with Crippen molar-refractivity contribution in [3.8, 4) is 0 Å². The molecule has 1 aromatic rings. The Hall–Kier alpha value is -0.880. The second-order valence-electron chi connectivity index (χ2n) is 3.90. The Bertz CT molecular complexity index is 410. The molecule has 1 aliphatic rings. The maximum Gasteiger partial charge on any atom is 0.416 e. The van der Waals surface area contributed by atoms with Gasteiger partial charge in [0.25, 0.3) is 0 Å². The Kier molecular flexibility index (Phi) is 3.53. The molecule has 1 N–H and O–H groups in total. The van der Waals surface area contributed by atoms with Gasteiger partial charge < -0.3 is 5.32 Å². The van der Waals surface area contributed by atoms with Crippen LogP contribution in [0.15, 0.2) is 29.2 Å². The molecule has 0 amide bonds. The van der Waals surface area contributed by atoms with E-state index in [2.05, 4.69) is 5.32 Å². The van der Waals surface area contributed by atoms with Gasteiger partial charge in [0, 0.05) is 4.90 Å². The van der Waals surface area contributed by atoms with Gasteiger partial charge in [-0.05, 0) is 43.7 Å². The lowest BCUT2D eigenvalue weighted by molar-refractivity contribution is -0.137. The van der Waals surface area contributed by atoms with Crippen molar-refractivity contribution < 1.29 is 17.4 Å². The molecular formula is C11H12F3NOS. The Morgan fingerprint density at radius 2 is 1.88 bits per heavy atom. The first kappa shape index (κ1) is 12.6. The van der Waals surface area contributed by atoms with E-state index in [1.54, 1.807) is 0 Å². The van der Waals surface area contributed by atoms with Crippen LogP contribution in [0, 0.1) is 0 Å². The van der Waals surface area contributed by atoms with Crippen molar-refractivity contribution in [2.45, 2.75) is 29.3 Å². The smallest absolute Gasteiger partial charge is 0.303 e. The molecule has 0 radical (unpaired) electrons. The van der Waals surface area contributed by atoms with Crippen LogP contribution >= 0.6 is 0 Å². The van der Waals surface area contributed by atoms with Crippen LogP contribution in [0.2, 0.25) is 0 Å². The van der Waals surface area contributed by atoms with Gasteiger partial charge in [0.1, 0.15) is 0 Å². The number of benzene rings is 1. The molecule has 0 bridgehead atoms. The van der Waals surface area contributed by atoms with Crippen LogP contribution in [0.4, 0.5) is 13.2 Å². The molecule has 2 atom stereocenters. The van der Waals surface area contributed by atoms with Gasteiger partial charge in [-0.3, -0.25) is 4.21 Å². The van der Waals surface area contributed by atoms with Crippen molar-refractivity contribution in [2.24, 2.45) is 0 Å². The number of hydrogen-bond donors (Lipinski definition) is 1. The molecule has 2 nitrogen and oxygen atoms in total. The molecule has 0 spiro atoms. The lowest BCUT2D eigenvalue weighted by Gasteiger charge is -2.11. The lowest BCUT2D eigenvalue weighted by Crippen LogP contribution is -2.26. The first-order valence-corrected chi connectivity index (χ1v) is 6.51. The topological polar surface area (TPSA) is 29.1 Å². The van der Waals surface area contributed by atoms with Crippen LogP contribution in [-0.4, -0.2) is 16.1 Å². The summed E-state index contributed by atoms with van der Waals surface area (Å²) < 4.78 is 49.0. The number of hydrogen-bond acceptors (Lipinski definition) is 2. The van der Waals surface area contributed by atoms with E-state index in [0.29, 0.717) is 4.90 Å². The Morgan fingerprint density at radius 1 is 1.24 bits per heavy atom. The van der Waals surface area contributed by atoms with Crippen LogP contribution in [0.5, 0.6) is 0 Å². The summed E-state index contributed by atoms with van der Waals surface area (Å²) in [6.07, 6.45) is -2.59. The third kappa shape index (κ3) is 2.87. The third-order valence-electron chi connectivity index (χ3n) is 2.69. The van der Waals surface area contributed by atoms with Crippen LogP contribution in [0.1, 0.15) is 18.4 Å². The first-order valence-electron chi connectivity index (χ1n) is 5.30. The van der Waals surface area contributed by atoms with E-state index >= 15 is 0 Å². The summed E-state index contributed by atoms with van der Waals surface area (Å²) in [5, 5.41) is 2.94. The number of alkyl halides is 3. The highest BCUT2D eigenvalue weighted by atomic mass is 32.2. The monoisotopic (exact) mass is 263 g/mol.